The SMILES string of the molecule is C=C(C)C(=O)OCCCCCCOC(=O)c1c(CC)[nH]c(=S)[nH]c1=O. The van der Waals surface area contributed by atoms with E-state index in [4.69, 9.17) is 21.7 Å². The normalized spacial score (nSPS) is 10.3. The second kappa shape index (κ2) is 10.6. The molecule has 0 saturated carbocycles. The van der Waals surface area contributed by atoms with E-state index in [0.717, 1.165) is 19.3 Å². The summed E-state index contributed by atoms with van der Waals surface area (Å²) in [6.07, 6.45) is 3.55. The Morgan fingerprint density at radius 3 is 2.24 bits per heavy atom. The van der Waals surface area contributed by atoms with Crippen LogP contribution in [-0.4, -0.2) is 35.1 Å². The number of hydrogen-bond donors (Lipinski definition) is 2. The van der Waals surface area contributed by atoms with Crippen LogP contribution in [0.3, 0.4) is 0 Å². The number of nitrogens with one attached hydrogen (secondary N) is 2. The number of H-pyrrole nitrogens is 2. The quantitative estimate of drug-likeness (QED) is 0.285. The first kappa shape index (κ1) is 20.8. The number of rotatable bonds is 10. The van der Waals surface area contributed by atoms with Gasteiger partial charge in [-0.25, -0.2) is 9.59 Å². The molecule has 0 saturated heterocycles. The molecule has 2 N–H and O–H groups in total. The lowest BCUT2D eigenvalue weighted by Gasteiger charge is -2.08. The van der Waals surface area contributed by atoms with Crippen molar-refractivity contribution in [1.82, 2.24) is 9.97 Å². The molecule has 0 aliphatic heterocycles. The van der Waals surface area contributed by atoms with E-state index in [2.05, 4.69) is 16.5 Å². The highest BCUT2D eigenvalue weighted by molar-refractivity contribution is 7.71. The average molecular weight is 368 g/mol. The van der Waals surface area contributed by atoms with Gasteiger partial charge in [0.25, 0.3) is 5.56 Å². The third-order valence-electron chi connectivity index (χ3n) is 3.43. The third kappa shape index (κ3) is 7.04. The Hall–Kier alpha value is -2.22. The minimum atomic E-state index is -0.653. The van der Waals surface area contributed by atoms with Gasteiger partial charge in [-0.2, -0.15) is 0 Å². The second-order valence-corrected chi connectivity index (χ2v) is 5.99. The standard InChI is InChI=1S/C17H24N2O5S/c1-4-12-13(14(20)19-17(25)18-12)16(22)24-10-8-6-5-7-9-23-15(21)11(2)3/h2,4-10H2,1,3H3,(H2,18,19,20,25). The summed E-state index contributed by atoms with van der Waals surface area (Å²) in [6.45, 7) is 7.50. The van der Waals surface area contributed by atoms with Crippen LogP contribution in [0.2, 0.25) is 0 Å². The van der Waals surface area contributed by atoms with Crippen LogP contribution in [0.25, 0.3) is 0 Å². The van der Waals surface area contributed by atoms with Crippen LogP contribution in [-0.2, 0) is 20.7 Å². The molecular weight excluding hydrogens is 344 g/mol. The van der Waals surface area contributed by atoms with Crippen molar-refractivity contribution in [2.45, 2.75) is 46.0 Å². The van der Waals surface area contributed by atoms with Gasteiger partial charge in [0.1, 0.15) is 5.56 Å². The molecule has 0 spiro atoms. The summed E-state index contributed by atoms with van der Waals surface area (Å²) in [5, 5.41) is 0. The van der Waals surface area contributed by atoms with E-state index < -0.39 is 11.5 Å². The van der Waals surface area contributed by atoms with E-state index in [9.17, 15) is 14.4 Å². The van der Waals surface area contributed by atoms with Gasteiger partial charge in [0.2, 0.25) is 0 Å². The molecule has 8 heteroatoms. The number of aromatic nitrogens is 2. The van der Waals surface area contributed by atoms with E-state index >= 15 is 0 Å². The first-order chi connectivity index (χ1) is 11.9. The fourth-order valence-corrected chi connectivity index (χ4v) is 2.31. The maximum absolute atomic E-state index is 12.1. The Balaban J connectivity index is 2.30. The minimum absolute atomic E-state index is 0.0252. The van der Waals surface area contributed by atoms with Crippen LogP contribution in [0.1, 0.15) is 55.6 Å². The maximum Gasteiger partial charge on any atom is 0.345 e. The largest absolute Gasteiger partial charge is 0.462 e. The number of aromatic amines is 2. The van der Waals surface area contributed by atoms with E-state index in [1.54, 1.807) is 6.92 Å². The van der Waals surface area contributed by atoms with Gasteiger partial charge in [0.05, 0.1) is 13.2 Å². The van der Waals surface area contributed by atoms with Crippen molar-refractivity contribution in [3.63, 3.8) is 0 Å². The monoisotopic (exact) mass is 368 g/mol. The Bertz CT molecular complexity index is 735. The molecule has 0 bridgehead atoms. The van der Waals surface area contributed by atoms with Gasteiger partial charge in [0, 0.05) is 11.3 Å². The molecule has 7 nitrogen and oxygen atoms in total. The number of carbonyl (C=O) groups is 2. The number of hydrogen-bond acceptors (Lipinski definition) is 6. The van der Waals surface area contributed by atoms with Crippen molar-refractivity contribution in [2.24, 2.45) is 0 Å². The number of carbonyl (C=O) groups excluding carboxylic acids is 2. The predicted molar refractivity (Wildman–Crippen MR) is 96.1 cm³/mol. The Morgan fingerprint density at radius 2 is 1.68 bits per heavy atom. The number of ether oxygens (including phenoxy) is 2. The van der Waals surface area contributed by atoms with Crippen molar-refractivity contribution in [3.05, 3.63) is 38.5 Å². The molecule has 0 amide bonds. The predicted octanol–water partition coefficient (Wildman–Crippen LogP) is 2.83. The summed E-state index contributed by atoms with van der Waals surface area (Å²) in [7, 11) is 0. The first-order valence-electron chi connectivity index (χ1n) is 8.22. The van der Waals surface area contributed by atoms with Gasteiger partial charge >= 0.3 is 11.9 Å². The number of aryl methyl sites for hydroxylation is 1. The van der Waals surface area contributed by atoms with Crippen molar-refractivity contribution >= 4 is 24.2 Å². The van der Waals surface area contributed by atoms with Gasteiger partial charge in [-0.05, 0) is 51.2 Å². The summed E-state index contributed by atoms with van der Waals surface area (Å²) >= 11 is 4.89. The van der Waals surface area contributed by atoms with Crippen LogP contribution in [0, 0.1) is 4.77 Å². The molecular formula is C17H24N2O5S. The van der Waals surface area contributed by atoms with Crippen molar-refractivity contribution in [2.75, 3.05) is 13.2 Å². The fraction of sp³-hybridized carbons (Fsp3) is 0.529. The Labute approximate surface area is 151 Å². The molecule has 25 heavy (non-hydrogen) atoms. The molecule has 0 aliphatic rings. The molecule has 0 radical (unpaired) electrons. The molecule has 138 valence electrons. The minimum Gasteiger partial charge on any atom is -0.462 e. The summed E-state index contributed by atoms with van der Waals surface area (Å²) in [5.74, 6) is -1.03. The maximum atomic E-state index is 12.1. The molecule has 0 aliphatic carbocycles. The van der Waals surface area contributed by atoms with E-state index in [-0.39, 0.29) is 22.9 Å². The topological polar surface area (TPSA) is 101 Å². The molecule has 1 rings (SSSR count). The molecule has 0 fully saturated rings. The van der Waals surface area contributed by atoms with Gasteiger partial charge in [-0.3, -0.25) is 9.78 Å². The first-order valence-corrected chi connectivity index (χ1v) is 8.62. The molecule has 1 aromatic heterocycles. The fourth-order valence-electron chi connectivity index (χ4n) is 2.10. The van der Waals surface area contributed by atoms with Crippen LogP contribution in [0.4, 0.5) is 0 Å². The lowest BCUT2D eigenvalue weighted by molar-refractivity contribution is -0.139. The highest BCUT2D eigenvalue weighted by atomic mass is 32.1. The van der Waals surface area contributed by atoms with E-state index in [0.29, 0.717) is 30.7 Å². The summed E-state index contributed by atoms with van der Waals surface area (Å²) in [5.41, 5.74) is 0.292. The van der Waals surface area contributed by atoms with Crippen LogP contribution >= 0.6 is 12.2 Å². The van der Waals surface area contributed by atoms with Gasteiger partial charge in [0.15, 0.2) is 4.77 Å². The van der Waals surface area contributed by atoms with Crippen LogP contribution in [0.15, 0.2) is 16.9 Å². The smallest absolute Gasteiger partial charge is 0.345 e. The second-order valence-electron chi connectivity index (χ2n) is 5.58. The Morgan fingerprint density at radius 1 is 1.08 bits per heavy atom. The summed E-state index contributed by atoms with van der Waals surface area (Å²) in [4.78, 5) is 40.3. The lowest BCUT2D eigenvalue weighted by Crippen LogP contribution is -2.24. The molecule has 0 aromatic carbocycles. The van der Waals surface area contributed by atoms with Crippen molar-refractivity contribution < 1.29 is 19.1 Å². The summed E-state index contributed by atoms with van der Waals surface area (Å²) in [6, 6.07) is 0. The van der Waals surface area contributed by atoms with Gasteiger partial charge < -0.3 is 14.5 Å². The molecule has 1 aromatic rings. The number of unbranched alkanes of at least 4 members (excludes halogenated alkanes) is 3. The molecule has 1 heterocycles. The van der Waals surface area contributed by atoms with Crippen molar-refractivity contribution in [1.29, 1.82) is 0 Å². The van der Waals surface area contributed by atoms with E-state index in [1.165, 1.54) is 0 Å². The van der Waals surface area contributed by atoms with E-state index in [1.807, 2.05) is 6.92 Å². The zero-order chi connectivity index (χ0) is 18.8. The molecule has 0 atom stereocenters. The van der Waals surface area contributed by atoms with Crippen LogP contribution in [0.5, 0.6) is 0 Å². The van der Waals surface area contributed by atoms with Crippen LogP contribution < -0.4 is 5.56 Å². The molecule has 0 unspecified atom stereocenters. The lowest BCUT2D eigenvalue weighted by atomic mass is 10.2. The third-order valence-corrected chi connectivity index (χ3v) is 3.64. The van der Waals surface area contributed by atoms with Gasteiger partial charge in [-0.1, -0.05) is 13.5 Å². The zero-order valence-electron chi connectivity index (χ0n) is 14.6. The van der Waals surface area contributed by atoms with Crippen molar-refractivity contribution in [3.8, 4) is 0 Å². The average Bonchev–Trinajstić information content (AvgIpc) is 2.55. The summed E-state index contributed by atoms with van der Waals surface area (Å²) < 4.78 is 10.3. The zero-order valence-corrected chi connectivity index (χ0v) is 15.4. The Kier molecular flexibility index (Phi) is 8.83. The number of esters is 2. The highest BCUT2D eigenvalue weighted by Crippen LogP contribution is 2.06. The highest BCUT2D eigenvalue weighted by Gasteiger charge is 2.17. The van der Waals surface area contributed by atoms with Gasteiger partial charge in [-0.15, -0.1) is 0 Å².